The van der Waals surface area contributed by atoms with Crippen LogP contribution < -0.4 is 0 Å². The maximum Gasteiger partial charge on any atom is 0.181 e. The number of hydrogen-bond acceptors (Lipinski definition) is 2. The molecule has 0 bridgehead atoms. The third-order valence-corrected chi connectivity index (χ3v) is 3.88. The van der Waals surface area contributed by atoms with Gasteiger partial charge in [0.1, 0.15) is 0 Å². The zero-order chi connectivity index (χ0) is 14.4. The summed E-state index contributed by atoms with van der Waals surface area (Å²) in [5, 5.41) is 0.975. The van der Waals surface area contributed by atoms with Crippen molar-refractivity contribution in [3.05, 3.63) is 33.8 Å². The Morgan fingerprint density at radius 2 is 2.00 bits per heavy atom. The van der Waals surface area contributed by atoms with Crippen LogP contribution in [0.5, 0.6) is 0 Å². The molecule has 1 aromatic rings. The molecule has 0 heterocycles. The summed E-state index contributed by atoms with van der Waals surface area (Å²) in [7, 11) is 0. The van der Waals surface area contributed by atoms with E-state index in [4.69, 9.17) is 23.2 Å². The molecule has 0 aliphatic carbocycles. The summed E-state index contributed by atoms with van der Waals surface area (Å²) in [4.78, 5) is 14.6. The number of hydrogen-bond donors (Lipinski definition) is 0. The fourth-order valence-electron chi connectivity index (χ4n) is 2.07. The highest BCUT2D eigenvalue weighted by atomic mass is 35.5. The Kier molecular flexibility index (Phi) is 6.84. The van der Waals surface area contributed by atoms with Gasteiger partial charge in [0.15, 0.2) is 5.78 Å². The van der Waals surface area contributed by atoms with E-state index in [9.17, 15) is 4.79 Å². The van der Waals surface area contributed by atoms with Crippen LogP contribution in [0.4, 0.5) is 0 Å². The summed E-state index contributed by atoms with van der Waals surface area (Å²) >= 11 is 12.0. The first-order chi connectivity index (χ1) is 9.01. The van der Waals surface area contributed by atoms with Crippen molar-refractivity contribution in [2.24, 2.45) is 0 Å². The van der Waals surface area contributed by atoms with Crippen LogP contribution >= 0.6 is 23.2 Å². The first-order valence-corrected chi connectivity index (χ1v) is 7.50. The Labute approximate surface area is 125 Å². The molecule has 0 aromatic heterocycles. The number of halogens is 2. The van der Waals surface area contributed by atoms with Crippen molar-refractivity contribution in [3.63, 3.8) is 0 Å². The van der Waals surface area contributed by atoms with Crippen LogP contribution in [-0.2, 0) is 0 Å². The molecule has 19 heavy (non-hydrogen) atoms. The molecule has 1 unspecified atom stereocenters. The number of nitrogens with zero attached hydrogens (tertiary/aromatic N) is 1. The first kappa shape index (κ1) is 16.5. The Morgan fingerprint density at radius 3 is 2.53 bits per heavy atom. The highest BCUT2D eigenvalue weighted by Crippen LogP contribution is 2.23. The smallest absolute Gasteiger partial charge is 0.181 e. The normalized spacial score (nSPS) is 12.7. The standard InChI is InChI=1S/C15H21Cl2NO/c1-4-6-9-18(5-2)11(3)15(19)13-8-7-12(16)10-14(13)17/h7-8,10-11H,4-6,9H2,1-3H3. The molecule has 0 aliphatic rings. The van der Waals surface area contributed by atoms with Gasteiger partial charge in [-0.25, -0.2) is 0 Å². The third-order valence-electron chi connectivity index (χ3n) is 3.33. The van der Waals surface area contributed by atoms with Gasteiger partial charge in [0, 0.05) is 10.6 Å². The predicted molar refractivity (Wildman–Crippen MR) is 82.4 cm³/mol. The minimum absolute atomic E-state index is 0.0552. The number of ketones is 1. The van der Waals surface area contributed by atoms with Crippen LogP contribution in [0.2, 0.25) is 10.0 Å². The maximum atomic E-state index is 12.5. The lowest BCUT2D eigenvalue weighted by Crippen LogP contribution is -2.39. The lowest BCUT2D eigenvalue weighted by atomic mass is 10.0. The fraction of sp³-hybridized carbons (Fsp3) is 0.533. The van der Waals surface area contributed by atoms with Crippen LogP contribution in [0.15, 0.2) is 18.2 Å². The van der Waals surface area contributed by atoms with Crippen molar-refractivity contribution in [2.75, 3.05) is 13.1 Å². The first-order valence-electron chi connectivity index (χ1n) is 6.74. The molecular formula is C15H21Cl2NO. The zero-order valence-electron chi connectivity index (χ0n) is 11.7. The zero-order valence-corrected chi connectivity index (χ0v) is 13.3. The Balaban J connectivity index is 2.85. The second-order valence-electron chi connectivity index (χ2n) is 4.65. The lowest BCUT2D eigenvalue weighted by Gasteiger charge is -2.26. The molecular weight excluding hydrogens is 281 g/mol. The molecule has 0 fully saturated rings. The van der Waals surface area contributed by atoms with Gasteiger partial charge in [0.2, 0.25) is 0 Å². The summed E-state index contributed by atoms with van der Waals surface area (Å²) < 4.78 is 0. The maximum absolute atomic E-state index is 12.5. The van der Waals surface area contributed by atoms with Gasteiger partial charge in [-0.05, 0) is 44.6 Å². The number of benzene rings is 1. The van der Waals surface area contributed by atoms with Crippen molar-refractivity contribution in [3.8, 4) is 0 Å². The van der Waals surface area contributed by atoms with Crippen molar-refractivity contribution in [1.29, 1.82) is 0 Å². The average molecular weight is 302 g/mol. The Bertz CT molecular complexity index is 434. The average Bonchev–Trinajstić information content (AvgIpc) is 2.38. The lowest BCUT2D eigenvalue weighted by molar-refractivity contribution is 0.0843. The van der Waals surface area contributed by atoms with Crippen LogP contribution in [0, 0.1) is 0 Å². The van der Waals surface area contributed by atoms with Crippen molar-refractivity contribution in [2.45, 2.75) is 39.7 Å². The molecule has 2 nitrogen and oxygen atoms in total. The molecule has 0 radical (unpaired) electrons. The number of rotatable bonds is 7. The van der Waals surface area contributed by atoms with Crippen LogP contribution in [-0.4, -0.2) is 29.8 Å². The van der Waals surface area contributed by atoms with Gasteiger partial charge in [0.05, 0.1) is 11.1 Å². The molecule has 4 heteroatoms. The molecule has 0 spiro atoms. The molecule has 106 valence electrons. The molecule has 0 saturated heterocycles. The second kappa shape index (κ2) is 7.88. The van der Waals surface area contributed by atoms with E-state index in [1.165, 1.54) is 0 Å². The molecule has 0 amide bonds. The van der Waals surface area contributed by atoms with Gasteiger partial charge in [-0.15, -0.1) is 0 Å². The van der Waals surface area contributed by atoms with Gasteiger partial charge >= 0.3 is 0 Å². The van der Waals surface area contributed by atoms with E-state index in [0.717, 1.165) is 25.9 Å². The number of unbranched alkanes of at least 4 members (excludes halogenated alkanes) is 1. The van der Waals surface area contributed by atoms with E-state index < -0.39 is 0 Å². The largest absolute Gasteiger partial charge is 0.294 e. The summed E-state index contributed by atoms with van der Waals surface area (Å²) in [5.41, 5.74) is 0.550. The van der Waals surface area contributed by atoms with Crippen molar-refractivity contribution >= 4 is 29.0 Å². The van der Waals surface area contributed by atoms with Crippen molar-refractivity contribution in [1.82, 2.24) is 4.90 Å². The highest BCUT2D eigenvalue weighted by Gasteiger charge is 2.22. The summed E-state index contributed by atoms with van der Waals surface area (Å²) in [6.07, 6.45) is 2.22. The molecule has 1 aromatic carbocycles. The monoisotopic (exact) mass is 301 g/mol. The second-order valence-corrected chi connectivity index (χ2v) is 5.49. The predicted octanol–water partition coefficient (Wildman–Crippen LogP) is 4.69. The van der Waals surface area contributed by atoms with Gasteiger partial charge < -0.3 is 0 Å². The quantitative estimate of drug-likeness (QED) is 0.681. The van der Waals surface area contributed by atoms with Gasteiger partial charge in [-0.2, -0.15) is 0 Å². The molecule has 0 N–H and O–H groups in total. The van der Waals surface area contributed by atoms with E-state index in [1.54, 1.807) is 18.2 Å². The van der Waals surface area contributed by atoms with Crippen LogP contribution in [0.25, 0.3) is 0 Å². The van der Waals surface area contributed by atoms with E-state index in [1.807, 2.05) is 6.92 Å². The Morgan fingerprint density at radius 1 is 1.32 bits per heavy atom. The summed E-state index contributed by atoms with van der Waals surface area (Å²) in [6.45, 7) is 7.95. The topological polar surface area (TPSA) is 20.3 Å². The minimum Gasteiger partial charge on any atom is -0.294 e. The third kappa shape index (κ3) is 4.48. The van der Waals surface area contributed by atoms with Gasteiger partial charge in [-0.3, -0.25) is 9.69 Å². The van der Waals surface area contributed by atoms with Crippen molar-refractivity contribution < 1.29 is 4.79 Å². The van der Waals surface area contributed by atoms with Crippen LogP contribution in [0.1, 0.15) is 44.0 Å². The van der Waals surface area contributed by atoms with E-state index >= 15 is 0 Å². The van der Waals surface area contributed by atoms with E-state index in [0.29, 0.717) is 15.6 Å². The SMILES string of the molecule is CCCCN(CC)C(C)C(=O)c1ccc(Cl)cc1Cl. The van der Waals surface area contributed by atoms with E-state index in [-0.39, 0.29) is 11.8 Å². The number of carbonyl (C=O) groups is 1. The number of Topliss-reactive ketones (excluding diaryl/α,β-unsaturated/α-hetero) is 1. The Hall–Kier alpha value is -0.570. The molecule has 1 rings (SSSR count). The minimum atomic E-state index is -0.157. The van der Waals surface area contributed by atoms with Crippen LogP contribution in [0.3, 0.4) is 0 Å². The van der Waals surface area contributed by atoms with E-state index in [2.05, 4.69) is 18.7 Å². The summed E-state index contributed by atoms with van der Waals surface area (Å²) in [6, 6.07) is 4.87. The number of carbonyl (C=O) groups excluding carboxylic acids is 1. The van der Waals surface area contributed by atoms with Gasteiger partial charge in [-0.1, -0.05) is 43.5 Å². The fourth-order valence-corrected chi connectivity index (χ4v) is 2.57. The molecule has 0 aliphatic heterocycles. The molecule has 0 saturated carbocycles. The highest BCUT2D eigenvalue weighted by molar-refractivity contribution is 6.37. The number of likely N-dealkylation sites (N-methyl/N-ethyl adjacent to an activating group) is 1. The van der Waals surface area contributed by atoms with Gasteiger partial charge in [0.25, 0.3) is 0 Å². The molecule has 1 atom stereocenters. The summed E-state index contributed by atoms with van der Waals surface area (Å²) in [5.74, 6) is 0.0552.